The van der Waals surface area contributed by atoms with Crippen LogP contribution in [0.2, 0.25) is 0 Å². The van der Waals surface area contributed by atoms with E-state index in [1.165, 1.54) is 17.3 Å². The zero-order valence-electron chi connectivity index (χ0n) is 15.0. The van der Waals surface area contributed by atoms with E-state index in [0.717, 1.165) is 11.1 Å². The monoisotopic (exact) mass is 362 g/mol. The fourth-order valence-electron chi connectivity index (χ4n) is 2.88. The van der Waals surface area contributed by atoms with Gasteiger partial charge in [0.2, 0.25) is 17.4 Å². The maximum Gasteiger partial charge on any atom is 0.231 e. The molecule has 2 heterocycles. The van der Waals surface area contributed by atoms with Gasteiger partial charge in [-0.1, -0.05) is 24.3 Å². The van der Waals surface area contributed by atoms with Crippen molar-refractivity contribution in [1.82, 2.24) is 14.9 Å². The smallest absolute Gasteiger partial charge is 0.231 e. The number of aliphatic imine (C=N–C) groups is 1. The summed E-state index contributed by atoms with van der Waals surface area (Å²) in [4.78, 5) is 41.5. The number of nitrogens with zero attached hydrogens (tertiary/aromatic N) is 5. The Hall–Kier alpha value is -3.60. The normalized spacial score (nSPS) is 19.4. The molecule has 1 aliphatic rings. The van der Waals surface area contributed by atoms with E-state index in [0.29, 0.717) is 0 Å². The van der Waals surface area contributed by atoms with Crippen molar-refractivity contribution in [3.63, 3.8) is 0 Å². The molecule has 0 bridgehead atoms. The molecule has 2 N–H and O–H groups in total. The van der Waals surface area contributed by atoms with E-state index < -0.39 is 5.54 Å². The molecule has 1 aromatic carbocycles. The summed E-state index contributed by atoms with van der Waals surface area (Å²) < 4.78 is 0. The van der Waals surface area contributed by atoms with E-state index in [-0.39, 0.29) is 42.0 Å². The number of aromatic nitrogens is 2. The van der Waals surface area contributed by atoms with Gasteiger partial charge in [-0.05, 0) is 18.1 Å². The molecule has 8 heteroatoms. The van der Waals surface area contributed by atoms with E-state index in [4.69, 9.17) is 12.3 Å². The Kier molecular flexibility index (Phi) is 4.69. The minimum atomic E-state index is -0.777. The third-order valence-corrected chi connectivity index (χ3v) is 4.50. The summed E-state index contributed by atoms with van der Waals surface area (Å²) in [5.74, 6) is -0.129. The van der Waals surface area contributed by atoms with Gasteiger partial charge in [0, 0.05) is 25.9 Å². The molecule has 0 saturated carbocycles. The van der Waals surface area contributed by atoms with Gasteiger partial charge in [-0.3, -0.25) is 14.5 Å². The minimum Gasteiger partial charge on any atom is -0.369 e. The van der Waals surface area contributed by atoms with Gasteiger partial charge in [0.1, 0.15) is 0 Å². The van der Waals surface area contributed by atoms with Crippen molar-refractivity contribution in [2.45, 2.75) is 25.3 Å². The highest BCUT2D eigenvalue weighted by molar-refractivity contribution is 5.98. The Labute approximate surface area is 156 Å². The third kappa shape index (κ3) is 3.67. The molecule has 27 heavy (non-hydrogen) atoms. The van der Waals surface area contributed by atoms with E-state index in [9.17, 15) is 9.59 Å². The van der Waals surface area contributed by atoms with Crippen LogP contribution in [-0.2, 0) is 16.8 Å². The number of amides is 1. The van der Waals surface area contributed by atoms with Gasteiger partial charge >= 0.3 is 0 Å². The Bertz CT molecular complexity index is 976. The summed E-state index contributed by atoms with van der Waals surface area (Å²) in [5, 5.41) is 0. The van der Waals surface area contributed by atoms with Crippen LogP contribution < -0.4 is 5.73 Å². The van der Waals surface area contributed by atoms with Crippen LogP contribution in [0.5, 0.6) is 0 Å². The number of hydrogen-bond acceptors (Lipinski definition) is 6. The second-order valence-corrected chi connectivity index (χ2v) is 6.55. The zero-order chi connectivity index (χ0) is 19.6. The Morgan fingerprint density at radius 3 is 2.70 bits per heavy atom. The van der Waals surface area contributed by atoms with Crippen LogP contribution in [0.1, 0.15) is 35.1 Å². The highest BCUT2D eigenvalue weighted by Gasteiger charge is 2.36. The number of benzene rings is 1. The lowest BCUT2D eigenvalue weighted by atomic mass is 9.86. The van der Waals surface area contributed by atoms with Crippen molar-refractivity contribution in [3.8, 4) is 0 Å². The third-order valence-electron chi connectivity index (χ3n) is 4.50. The largest absolute Gasteiger partial charge is 0.369 e. The van der Waals surface area contributed by atoms with E-state index in [1.54, 1.807) is 7.05 Å². The molecule has 0 aliphatic carbocycles. The zero-order valence-corrected chi connectivity index (χ0v) is 15.0. The summed E-state index contributed by atoms with van der Waals surface area (Å²) in [6.07, 6.45) is 2.95. The van der Waals surface area contributed by atoms with Gasteiger partial charge in [0.25, 0.3) is 0 Å². The second-order valence-electron chi connectivity index (χ2n) is 6.55. The predicted molar refractivity (Wildman–Crippen MR) is 99.1 cm³/mol. The van der Waals surface area contributed by atoms with Crippen LogP contribution in [-0.4, -0.2) is 39.6 Å². The Morgan fingerprint density at radius 1 is 1.37 bits per heavy atom. The van der Waals surface area contributed by atoms with E-state index >= 15 is 0 Å². The van der Waals surface area contributed by atoms with Crippen LogP contribution >= 0.6 is 0 Å². The maximum absolute atomic E-state index is 12.4. The molecule has 0 saturated heterocycles. The van der Waals surface area contributed by atoms with Crippen LogP contribution in [0, 0.1) is 6.57 Å². The van der Waals surface area contributed by atoms with Gasteiger partial charge in [-0.2, -0.15) is 0 Å². The second kappa shape index (κ2) is 6.96. The quantitative estimate of drug-likeness (QED) is 0.660. The van der Waals surface area contributed by atoms with Crippen molar-refractivity contribution in [2.75, 3.05) is 7.05 Å². The van der Waals surface area contributed by atoms with Crippen molar-refractivity contribution >= 4 is 23.3 Å². The SMILES string of the molecule is [C-]#[N+]c1cnc(C(=O)Cc2cccc(C3(C)CC(=O)N(C)C(N)=N3)c2)nc1. The number of guanidine groups is 1. The van der Waals surface area contributed by atoms with Gasteiger partial charge in [-0.25, -0.2) is 19.8 Å². The van der Waals surface area contributed by atoms with Crippen LogP contribution in [0.4, 0.5) is 5.69 Å². The molecule has 0 fully saturated rings. The van der Waals surface area contributed by atoms with Gasteiger partial charge in [0.05, 0.1) is 18.5 Å². The topological polar surface area (TPSA) is 106 Å². The fraction of sp³-hybridized carbons (Fsp3) is 0.263. The van der Waals surface area contributed by atoms with E-state index in [2.05, 4.69) is 19.8 Å². The molecule has 8 nitrogen and oxygen atoms in total. The first-order valence-electron chi connectivity index (χ1n) is 8.26. The first kappa shape index (κ1) is 18.2. The molecule has 0 spiro atoms. The molecule has 1 amide bonds. The molecular formula is C19H18N6O2. The van der Waals surface area contributed by atoms with Crippen LogP contribution in [0.3, 0.4) is 0 Å². The molecule has 136 valence electrons. The number of ketones is 1. The van der Waals surface area contributed by atoms with Crippen molar-refractivity contribution in [2.24, 2.45) is 10.7 Å². The molecule has 1 aliphatic heterocycles. The van der Waals surface area contributed by atoms with Gasteiger partial charge in [0.15, 0.2) is 11.8 Å². The lowest BCUT2D eigenvalue weighted by Crippen LogP contribution is -2.47. The minimum absolute atomic E-state index is 0.0655. The molecule has 2 aromatic rings. The molecule has 0 radical (unpaired) electrons. The Morgan fingerprint density at radius 2 is 2.07 bits per heavy atom. The lowest BCUT2D eigenvalue weighted by molar-refractivity contribution is -0.128. The number of nitrogens with two attached hydrogens (primary N) is 1. The van der Waals surface area contributed by atoms with Crippen LogP contribution in [0.25, 0.3) is 4.85 Å². The number of rotatable bonds is 4. The highest BCUT2D eigenvalue weighted by Crippen LogP contribution is 2.33. The molecule has 1 unspecified atom stereocenters. The summed E-state index contributed by atoms with van der Waals surface area (Å²) >= 11 is 0. The number of carbonyl (C=O) groups is 2. The summed E-state index contributed by atoms with van der Waals surface area (Å²) in [6, 6.07) is 7.36. The van der Waals surface area contributed by atoms with Gasteiger partial charge < -0.3 is 5.73 Å². The molecule has 3 rings (SSSR count). The van der Waals surface area contributed by atoms with Gasteiger partial charge in [-0.15, -0.1) is 0 Å². The first-order valence-corrected chi connectivity index (χ1v) is 8.26. The predicted octanol–water partition coefficient (Wildman–Crippen LogP) is 1.84. The molecule has 1 aromatic heterocycles. The molecular weight excluding hydrogens is 344 g/mol. The summed E-state index contributed by atoms with van der Waals surface area (Å²) in [5.41, 5.74) is 6.94. The summed E-state index contributed by atoms with van der Waals surface area (Å²) in [7, 11) is 1.59. The average Bonchev–Trinajstić information content (AvgIpc) is 2.66. The van der Waals surface area contributed by atoms with Crippen molar-refractivity contribution < 1.29 is 9.59 Å². The van der Waals surface area contributed by atoms with Crippen molar-refractivity contribution in [3.05, 3.63) is 65.0 Å². The fourth-order valence-corrected chi connectivity index (χ4v) is 2.88. The number of Topliss-reactive ketones (excluding diaryl/α,β-unsaturated/α-hetero) is 1. The van der Waals surface area contributed by atoms with Crippen molar-refractivity contribution in [1.29, 1.82) is 0 Å². The van der Waals surface area contributed by atoms with Crippen LogP contribution in [0.15, 0.2) is 41.7 Å². The highest BCUT2D eigenvalue weighted by atomic mass is 16.2. The number of carbonyl (C=O) groups excluding carboxylic acids is 2. The lowest BCUT2D eigenvalue weighted by Gasteiger charge is -2.33. The average molecular weight is 362 g/mol. The molecule has 1 atom stereocenters. The Balaban J connectivity index is 1.84. The first-order chi connectivity index (χ1) is 12.8. The van der Waals surface area contributed by atoms with E-state index in [1.807, 2.05) is 31.2 Å². The summed E-state index contributed by atoms with van der Waals surface area (Å²) in [6.45, 7) is 8.74. The standard InChI is InChI=1S/C19H18N6O2/c1-19(9-16(27)25(3)18(20)24-19)13-6-4-5-12(7-13)8-15(26)17-22-10-14(21-2)11-23-17/h4-7,10-11H,8-9H2,1,3H3,(H2,20,24). The number of hydrogen-bond donors (Lipinski definition) is 1. The maximum atomic E-state index is 12.4.